The molecule has 1 saturated heterocycles. The Labute approximate surface area is 143 Å². The molecular formula is C17H24N2O4S. The van der Waals surface area contributed by atoms with Gasteiger partial charge in [0.2, 0.25) is 10.0 Å². The van der Waals surface area contributed by atoms with E-state index in [0.717, 1.165) is 24.8 Å². The van der Waals surface area contributed by atoms with Crippen LogP contribution < -0.4 is 4.72 Å². The zero-order chi connectivity index (χ0) is 17.3. The lowest BCUT2D eigenvalue weighted by atomic mass is 10.1. The van der Waals surface area contributed by atoms with E-state index in [-0.39, 0.29) is 22.9 Å². The summed E-state index contributed by atoms with van der Waals surface area (Å²) in [5, 5.41) is 0. The van der Waals surface area contributed by atoms with Crippen molar-refractivity contribution in [2.75, 3.05) is 19.8 Å². The van der Waals surface area contributed by atoms with Crippen LogP contribution in [0.4, 0.5) is 0 Å². The van der Waals surface area contributed by atoms with Crippen molar-refractivity contribution in [2.45, 2.75) is 50.1 Å². The molecule has 0 spiro atoms. The standard InChI is InChI=1S/C17H24N2O4S/c1-3-14-11-23-9-8-19(14)17(20)16-10-15(7-4-12(16)2)24(21,22)18-13-5-6-13/h4,7,10,13-14,18H,3,5-6,8-9,11H2,1-2H3/t14-/m0/s1. The quantitative estimate of drug-likeness (QED) is 0.875. The van der Waals surface area contributed by atoms with Crippen molar-refractivity contribution >= 4 is 15.9 Å². The number of nitrogens with zero attached hydrogens (tertiary/aromatic N) is 1. The van der Waals surface area contributed by atoms with Crippen LogP contribution in [0.5, 0.6) is 0 Å². The number of benzene rings is 1. The predicted molar refractivity (Wildman–Crippen MR) is 90.5 cm³/mol. The minimum atomic E-state index is -3.57. The van der Waals surface area contributed by atoms with Crippen LogP contribution in [-0.4, -0.2) is 51.1 Å². The lowest BCUT2D eigenvalue weighted by Gasteiger charge is -2.35. The highest BCUT2D eigenvalue weighted by Crippen LogP contribution is 2.24. The summed E-state index contributed by atoms with van der Waals surface area (Å²) >= 11 is 0. The van der Waals surface area contributed by atoms with Crippen molar-refractivity contribution in [1.29, 1.82) is 0 Å². The van der Waals surface area contributed by atoms with Crippen LogP contribution in [0.3, 0.4) is 0 Å². The Hall–Kier alpha value is -1.44. The first-order chi connectivity index (χ1) is 11.4. The van der Waals surface area contributed by atoms with Crippen molar-refractivity contribution in [3.63, 3.8) is 0 Å². The molecular weight excluding hydrogens is 328 g/mol. The van der Waals surface area contributed by atoms with Gasteiger partial charge in [-0.3, -0.25) is 4.79 Å². The largest absolute Gasteiger partial charge is 0.377 e. The second-order valence-corrected chi connectivity index (χ2v) is 8.22. The Kier molecular flexibility index (Phi) is 4.94. The molecule has 0 aromatic heterocycles. The zero-order valence-electron chi connectivity index (χ0n) is 14.1. The maximum Gasteiger partial charge on any atom is 0.254 e. The van der Waals surface area contributed by atoms with E-state index in [1.54, 1.807) is 17.0 Å². The zero-order valence-corrected chi connectivity index (χ0v) is 14.9. The number of amides is 1. The maximum atomic E-state index is 13.0. The summed E-state index contributed by atoms with van der Waals surface area (Å²) in [6.07, 6.45) is 2.57. The third-order valence-corrected chi connectivity index (χ3v) is 6.13. The third-order valence-electron chi connectivity index (χ3n) is 4.61. The summed E-state index contributed by atoms with van der Waals surface area (Å²) in [5.74, 6) is -0.119. The van der Waals surface area contributed by atoms with Crippen molar-refractivity contribution in [3.8, 4) is 0 Å². The number of sulfonamides is 1. The molecule has 1 aromatic carbocycles. The van der Waals surface area contributed by atoms with E-state index < -0.39 is 10.0 Å². The Morgan fingerprint density at radius 3 is 2.79 bits per heavy atom. The molecule has 3 rings (SSSR count). The summed E-state index contributed by atoms with van der Waals surface area (Å²) in [4.78, 5) is 14.9. The second kappa shape index (κ2) is 6.82. The summed E-state index contributed by atoms with van der Waals surface area (Å²) in [5.41, 5.74) is 1.24. The molecule has 24 heavy (non-hydrogen) atoms. The topological polar surface area (TPSA) is 75.7 Å². The minimum absolute atomic E-state index is 0.0375. The Bertz CT molecular complexity index is 728. The average Bonchev–Trinajstić information content (AvgIpc) is 3.37. The van der Waals surface area contributed by atoms with Gasteiger partial charge in [-0.05, 0) is 43.9 Å². The monoisotopic (exact) mass is 352 g/mol. The van der Waals surface area contributed by atoms with Crippen molar-refractivity contribution in [1.82, 2.24) is 9.62 Å². The fraction of sp³-hybridized carbons (Fsp3) is 0.588. The van der Waals surface area contributed by atoms with E-state index in [4.69, 9.17) is 4.74 Å². The summed E-state index contributed by atoms with van der Waals surface area (Å²) in [7, 11) is -3.57. The summed E-state index contributed by atoms with van der Waals surface area (Å²) in [6, 6.07) is 4.85. The molecule has 2 aliphatic rings. The number of morpholine rings is 1. The molecule has 1 atom stereocenters. The highest BCUT2D eigenvalue weighted by Gasteiger charge is 2.31. The minimum Gasteiger partial charge on any atom is -0.377 e. The van der Waals surface area contributed by atoms with Gasteiger partial charge in [-0.25, -0.2) is 13.1 Å². The van der Waals surface area contributed by atoms with E-state index in [1.807, 2.05) is 13.8 Å². The molecule has 7 heteroatoms. The van der Waals surface area contributed by atoms with Crippen LogP contribution >= 0.6 is 0 Å². The van der Waals surface area contributed by atoms with Gasteiger partial charge in [-0.2, -0.15) is 0 Å². The molecule has 0 bridgehead atoms. The predicted octanol–water partition coefficient (Wildman–Crippen LogP) is 1.69. The number of hydrogen-bond donors (Lipinski definition) is 1. The highest BCUT2D eigenvalue weighted by atomic mass is 32.2. The van der Waals surface area contributed by atoms with Crippen LogP contribution in [-0.2, 0) is 14.8 Å². The van der Waals surface area contributed by atoms with Gasteiger partial charge in [0, 0.05) is 18.2 Å². The van der Waals surface area contributed by atoms with E-state index in [9.17, 15) is 13.2 Å². The first-order valence-electron chi connectivity index (χ1n) is 8.44. The van der Waals surface area contributed by atoms with Crippen molar-refractivity contribution in [3.05, 3.63) is 29.3 Å². The maximum absolute atomic E-state index is 13.0. The summed E-state index contributed by atoms with van der Waals surface area (Å²) < 4.78 is 32.9. The number of hydrogen-bond acceptors (Lipinski definition) is 4. The SMILES string of the molecule is CC[C@H]1COCCN1C(=O)c1cc(S(=O)(=O)NC2CC2)ccc1C. The number of carbonyl (C=O) groups excluding carboxylic acids is 1. The summed E-state index contributed by atoms with van der Waals surface area (Å²) in [6.45, 7) is 5.44. The molecule has 2 fully saturated rings. The number of carbonyl (C=O) groups is 1. The van der Waals surface area contributed by atoms with Crippen LogP contribution in [0.25, 0.3) is 0 Å². The molecule has 1 saturated carbocycles. The van der Waals surface area contributed by atoms with Gasteiger partial charge in [-0.15, -0.1) is 0 Å². The molecule has 6 nitrogen and oxygen atoms in total. The molecule has 1 heterocycles. The number of rotatable bonds is 5. The Morgan fingerprint density at radius 1 is 1.38 bits per heavy atom. The highest BCUT2D eigenvalue weighted by molar-refractivity contribution is 7.89. The second-order valence-electron chi connectivity index (χ2n) is 6.51. The lowest BCUT2D eigenvalue weighted by molar-refractivity contribution is -0.00285. The Balaban J connectivity index is 1.89. The van der Waals surface area contributed by atoms with Crippen LogP contribution in [0, 0.1) is 6.92 Å². The van der Waals surface area contributed by atoms with Gasteiger partial charge < -0.3 is 9.64 Å². The molecule has 1 amide bonds. The number of aryl methyl sites for hydroxylation is 1. The molecule has 0 unspecified atom stereocenters. The first kappa shape index (κ1) is 17.4. The molecule has 1 aliphatic carbocycles. The fourth-order valence-electron chi connectivity index (χ4n) is 2.90. The van der Waals surface area contributed by atoms with E-state index >= 15 is 0 Å². The molecule has 1 aliphatic heterocycles. The lowest BCUT2D eigenvalue weighted by Crippen LogP contribution is -2.48. The number of nitrogens with one attached hydrogen (secondary N) is 1. The number of ether oxygens (including phenoxy) is 1. The van der Waals surface area contributed by atoms with Crippen molar-refractivity contribution in [2.24, 2.45) is 0 Å². The average molecular weight is 352 g/mol. The fourth-order valence-corrected chi connectivity index (χ4v) is 4.23. The molecule has 1 N–H and O–H groups in total. The van der Waals surface area contributed by atoms with Gasteiger partial charge in [0.25, 0.3) is 5.91 Å². The normalized spacial score (nSPS) is 21.8. The smallest absolute Gasteiger partial charge is 0.254 e. The van der Waals surface area contributed by atoms with Gasteiger partial charge in [0.15, 0.2) is 0 Å². The van der Waals surface area contributed by atoms with Crippen molar-refractivity contribution < 1.29 is 17.9 Å². The van der Waals surface area contributed by atoms with E-state index in [0.29, 0.717) is 25.3 Å². The Morgan fingerprint density at radius 2 is 2.12 bits per heavy atom. The van der Waals surface area contributed by atoms with Crippen LogP contribution in [0.15, 0.2) is 23.1 Å². The van der Waals surface area contributed by atoms with Gasteiger partial charge in [-0.1, -0.05) is 13.0 Å². The van der Waals surface area contributed by atoms with Gasteiger partial charge >= 0.3 is 0 Å². The van der Waals surface area contributed by atoms with Gasteiger partial charge in [0.1, 0.15) is 0 Å². The van der Waals surface area contributed by atoms with E-state index in [1.165, 1.54) is 6.07 Å². The molecule has 0 radical (unpaired) electrons. The third kappa shape index (κ3) is 3.63. The van der Waals surface area contributed by atoms with Gasteiger partial charge in [0.05, 0.1) is 24.2 Å². The van der Waals surface area contributed by atoms with Crippen LogP contribution in [0.2, 0.25) is 0 Å². The first-order valence-corrected chi connectivity index (χ1v) is 9.92. The van der Waals surface area contributed by atoms with E-state index in [2.05, 4.69) is 4.72 Å². The van der Waals surface area contributed by atoms with Crippen LogP contribution in [0.1, 0.15) is 42.1 Å². The molecule has 1 aromatic rings. The molecule has 132 valence electrons.